The van der Waals surface area contributed by atoms with Crippen LogP contribution in [0, 0.1) is 6.92 Å². The molecular weight excluding hydrogens is 124 g/mol. The highest BCUT2D eigenvalue weighted by Crippen LogP contribution is 2.23. The van der Waals surface area contributed by atoms with Gasteiger partial charge in [-0.2, -0.15) is 0 Å². The van der Waals surface area contributed by atoms with Gasteiger partial charge in [0.15, 0.2) is 0 Å². The van der Waals surface area contributed by atoms with Gasteiger partial charge in [-0.25, -0.2) is 0 Å². The van der Waals surface area contributed by atoms with Gasteiger partial charge in [0.05, 0.1) is 0 Å². The Labute approximate surface area is 61.0 Å². The van der Waals surface area contributed by atoms with Gasteiger partial charge in [0.25, 0.3) is 0 Å². The molecule has 1 heteroatoms. The summed E-state index contributed by atoms with van der Waals surface area (Å²) in [6.45, 7) is 2.03. The Morgan fingerprint density at radius 3 is 2.90 bits per heavy atom. The molecule has 0 fully saturated rings. The first kappa shape index (κ1) is 6.02. The summed E-state index contributed by atoms with van der Waals surface area (Å²) in [6, 6.07) is 2.18. The Bertz CT molecular complexity index is 211. The zero-order chi connectivity index (χ0) is 6.97. The molecule has 54 valence electrons. The van der Waals surface area contributed by atoms with Gasteiger partial charge in [-0.05, 0) is 37.8 Å². The number of fused-ring (bicyclic) bond motifs is 1. The minimum absolute atomic E-state index is 1.08. The van der Waals surface area contributed by atoms with E-state index in [-0.39, 0.29) is 0 Å². The van der Waals surface area contributed by atoms with Crippen LogP contribution >= 0.6 is 0 Å². The molecule has 0 bridgehead atoms. The molecule has 0 radical (unpaired) electrons. The molecule has 1 aliphatic carbocycles. The van der Waals surface area contributed by atoms with Crippen LogP contribution in [0.1, 0.15) is 29.9 Å². The number of furan rings is 1. The van der Waals surface area contributed by atoms with E-state index in [1.807, 2.05) is 6.92 Å². The van der Waals surface area contributed by atoms with Gasteiger partial charge in [-0.1, -0.05) is 0 Å². The molecule has 2 rings (SSSR count). The Balaban J connectivity index is 2.41. The lowest BCUT2D eigenvalue weighted by Crippen LogP contribution is -1.97. The maximum absolute atomic E-state index is 5.51. The molecule has 0 aromatic carbocycles. The van der Waals surface area contributed by atoms with Crippen LogP contribution in [-0.4, -0.2) is 0 Å². The summed E-state index contributed by atoms with van der Waals surface area (Å²) in [5, 5.41) is 0. The van der Waals surface area contributed by atoms with Crippen molar-refractivity contribution in [2.45, 2.75) is 32.6 Å². The number of hydrogen-bond donors (Lipinski definition) is 0. The van der Waals surface area contributed by atoms with E-state index in [2.05, 4.69) is 6.07 Å². The number of hydrogen-bond acceptors (Lipinski definition) is 1. The molecule has 0 amide bonds. The van der Waals surface area contributed by atoms with E-state index < -0.39 is 0 Å². The average Bonchev–Trinajstić information content (AvgIpc) is 2.27. The summed E-state index contributed by atoms with van der Waals surface area (Å²) < 4.78 is 5.51. The van der Waals surface area contributed by atoms with Crippen LogP contribution in [0.15, 0.2) is 10.5 Å². The number of aryl methyl sites for hydroxylation is 3. The summed E-state index contributed by atoms with van der Waals surface area (Å²) in [5.74, 6) is 2.32. The topological polar surface area (TPSA) is 13.1 Å². The molecule has 0 unspecified atom stereocenters. The standard InChI is InChI=1S/C9H12O/c1-7-6-8-4-2-3-5-9(8)10-7/h6H,2-5H2,1H3. The molecular formula is C9H12O. The van der Waals surface area contributed by atoms with Crippen molar-refractivity contribution in [3.63, 3.8) is 0 Å². The lowest BCUT2D eigenvalue weighted by molar-refractivity contribution is 0.458. The van der Waals surface area contributed by atoms with Gasteiger partial charge < -0.3 is 4.42 Å². The number of rotatable bonds is 0. The first-order valence-electron chi connectivity index (χ1n) is 3.94. The fourth-order valence-electron chi connectivity index (χ4n) is 1.64. The van der Waals surface area contributed by atoms with Crippen molar-refractivity contribution in [2.24, 2.45) is 0 Å². The second-order valence-corrected chi connectivity index (χ2v) is 3.01. The van der Waals surface area contributed by atoms with Crippen LogP contribution in [0.25, 0.3) is 0 Å². The third-order valence-electron chi connectivity index (χ3n) is 2.12. The zero-order valence-corrected chi connectivity index (χ0v) is 6.31. The maximum Gasteiger partial charge on any atom is 0.107 e. The monoisotopic (exact) mass is 136 g/mol. The van der Waals surface area contributed by atoms with Crippen LogP contribution < -0.4 is 0 Å². The first-order valence-corrected chi connectivity index (χ1v) is 3.94. The van der Waals surface area contributed by atoms with Crippen LogP contribution in [0.5, 0.6) is 0 Å². The summed E-state index contributed by atoms with van der Waals surface area (Å²) >= 11 is 0. The third-order valence-corrected chi connectivity index (χ3v) is 2.12. The Kier molecular flexibility index (Phi) is 1.30. The predicted octanol–water partition coefficient (Wildman–Crippen LogP) is 2.47. The first-order chi connectivity index (χ1) is 4.86. The van der Waals surface area contributed by atoms with Gasteiger partial charge in [0.1, 0.15) is 11.5 Å². The fraction of sp³-hybridized carbons (Fsp3) is 0.556. The highest BCUT2D eigenvalue weighted by atomic mass is 16.3. The van der Waals surface area contributed by atoms with E-state index in [9.17, 15) is 0 Å². The maximum atomic E-state index is 5.51. The normalized spacial score (nSPS) is 16.9. The van der Waals surface area contributed by atoms with E-state index in [4.69, 9.17) is 4.42 Å². The second-order valence-electron chi connectivity index (χ2n) is 3.01. The Morgan fingerprint density at radius 1 is 1.30 bits per heavy atom. The van der Waals surface area contributed by atoms with Crippen LogP contribution in [0.3, 0.4) is 0 Å². The van der Waals surface area contributed by atoms with Crippen molar-refractivity contribution < 1.29 is 4.42 Å². The third kappa shape index (κ3) is 0.859. The molecule has 10 heavy (non-hydrogen) atoms. The molecule has 1 aromatic heterocycles. The molecule has 0 saturated heterocycles. The Morgan fingerprint density at radius 2 is 2.10 bits per heavy atom. The molecule has 1 heterocycles. The smallest absolute Gasteiger partial charge is 0.107 e. The van der Waals surface area contributed by atoms with Crippen LogP contribution in [-0.2, 0) is 12.8 Å². The molecule has 0 spiro atoms. The summed E-state index contributed by atoms with van der Waals surface area (Å²) in [7, 11) is 0. The Hall–Kier alpha value is -0.720. The highest BCUT2D eigenvalue weighted by Gasteiger charge is 2.12. The predicted molar refractivity (Wildman–Crippen MR) is 40.1 cm³/mol. The zero-order valence-electron chi connectivity index (χ0n) is 6.31. The van der Waals surface area contributed by atoms with Gasteiger partial charge in [-0.15, -0.1) is 0 Å². The average molecular weight is 136 g/mol. The van der Waals surface area contributed by atoms with Gasteiger partial charge in [0, 0.05) is 6.42 Å². The van der Waals surface area contributed by atoms with E-state index in [0.29, 0.717) is 0 Å². The van der Waals surface area contributed by atoms with Crippen molar-refractivity contribution >= 4 is 0 Å². The largest absolute Gasteiger partial charge is 0.466 e. The van der Waals surface area contributed by atoms with Crippen molar-refractivity contribution in [1.82, 2.24) is 0 Å². The SMILES string of the molecule is Cc1cc2c(o1)CCCC2. The van der Waals surface area contributed by atoms with E-state index in [0.717, 1.165) is 12.2 Å². The summed E-state index contributed by atoms with van der Waals surface area (Å²) in [4.78, 5) is 0. The molecule has 1 aromatic rings. The van der Waals surface area contributed by atoms with Gasteiger partial charge in [-0.3, -0.25) is 0 Å². The summed E-state index contributed by atoms with van der Waals surface area (Å²) in [6.07, 6.45) is 5.03. The van der Waals surface area contributed by atoms with Crippen molar-refractivity contribution in [3.05, 3.63) is 23.2 Å². The van der Waals surface area contributed by atoms with E-state index in [1.165, 1.54) is 30.6 Å². The van der Waals surface area contributed by atoms with Gasteiger partial charge in [0.2, 0.25) is 0 Å². The minimum Gasteiger partial charge on any atom is -0.466 e. The lowest BCUT2D eigenvalue weighted by atomic mass is 9.99. The molecule has 0 aliphatic heterocycles. The van der Waals surface area contributed by atoms with Crippen molar-refractivity contribution in [1.29, 1.82) is 0 Å². The molecule has 0 N–H and O–H groups in total. The van der Waals surface area contributed by atoms with Crippen LogP contribution in [0.4, 0.5) is 0 Å². The quantitative estimate of drug-likeness (QED) is 0.534. The minimum atomic E-state index is 1.08. The molecule has 1 nitrogen and oxygen atoms in total. The molecule has 0 atom stereocenters. The lowest BCUT2D eigenvalue weighted by Gasteiger charge is -2.07. The molecule has 1 aliphatic rings. The van der Waals surface area contributed by atoms with Crippen LogP contribution in [0.2, 0.25) is 0 Å². The second kappa shape index (κ2) is 2.15. The van der Waals surface area contributed by atoms with E-state index >= 15 is 0 Å². The van der Waals surface area contributed by atoms with Gasteiger partial charge >= 0.3 is 0 Å². The van der Waals surface area contributed by atoms with Crippen molar-refractivity contribution in [3.8, 4) is 0 Å². The van der Waals surface area contributed by atoms with E-state index in [1.54, 1.807) is 0 Å². The van der Waals surface area contributed by atoms with Crippen molar-refractivity contribution in [2.75, 3.05) is 0 Å². The highest BCUT2D eigenvalue weighted by molar-refractivity contribution is 5.23. The molecule has 0 saturated carbocycles. The summed E-state index contributed by atoms with van der Waals surface area (Å²) in [5.41, 5.74) is 1.45. The fourth-order valence-corrected chi connectivity index (χ4v) is 1.64.